The molecule has 0 amide bonds. The van der Waals surface area contributed by atoms with Crippen LogP contribution in [0.2, 0.25) is 0 Å². The minimum absolute atomic E-state index is 1.10. The lowest BCUT2D eigenvalue weighted by Crippen LogP contribution is -1.84. The quantitative estimate of drug-likeness (QED) is 0.218. The van der Waals surface area contributed by atoms with E-state index in [1.165, 1.54) is 64.2 Å². The van der Waals surface area contributed by atoms with E-state index in [0.29, 0.717) is 0 Å². The third-order valence-corrected chi connectivity index (χ3v) is 5.53. The van der Waals surface area contributed by atoms with Crippen LogP contribution in [0.15, 0.2) is 0 Å². The highest BCUT2D eigenvalue weighted by Crippen LogP contribution is 2.72. The number of rotatable bonds is 11. The third-order valence-electron chi connectivity index (χ3n) is 2.81. The first kappa shape index (κ1) is 17.5. The summed E-state index contributed by atoms with van der Waals surface area (Å²) in [5, 5.41) is 0. The molecule has 0 fully saturated rings. The van der Waals surface area contributed by atoms with Crippen LogP contribution in [-0.4, -0.2) is 6.16 Å². The fourth-order valence-corrected chi connectivity index (χ4v) is 3.73. The van der Waals surface area contributed by atoms with Gasteiger partial charge in [0.15, 0.2) is 4.87 Å². The van der Waals surface area contributed by atoms with E-state index in [-0.39, 0.29) is 0 Å². The van der Waals surface area contributed by atoms with E-state index >= 15 is 0 Å². The molecule has 0 heterocycles. The van der Waals surface area contributed by atoms with Gasteiger partial charge in [0.2, 0.25) is 0 Å². The number of hydrogen-bond acceptors (Lipinski definition) is 3. The van der Waals surface area contributed by atoms with Crippen LogP contribution >= 0.6 is 41.6 Å². The predicted octanol–water partition coefficient (Wildman–Crippen LogP) is 6.46. The van der Waals surface area contributed by atoms with Gasteiger partial charge in [0.1, 0.15) is 0 Å². The zero-order valence-corrected chi connectivity index (χ0v) is 14.1. The van der Waals surface area contributed by atoms with E-state index in [1.54, 1.807) is 0 Å². The van der Waals surface area contributed by atoms with Crippen molar-refractivity contribution < 1.29 is 0 Å². The Balaban J connectivity index is 2.99. The molecular weight excluding hydrogens is 271 g/mol. The normalized spacial score (nSPS) is 12.0. The molecule has 0 saturated carbocycles. The minimum Gasteiger partial charge on any atom is -0.0654 e. The maximum Gasteiger partial charge on any atom is 0.180 e. The lowest BCUT2D eigenvalue weighted by Gasteiger charge is -2.05. The molecule has 0 saturated heterocycles. The maximum absolute atomic E-state index is 4.39. The Labute approximate surface area is 119 Å². The fourth-order valence-electron chi connectivity index (χ4n) is 1.81. The van der Waals surface area contributed by atoms with Gasteiger partial charge in [-0.05, 0) is 12.8 Å². The van der Waals surface area contributed by atoms with Crippen LogP contribution in [0.4, 0.5) is 0 Å². The summed E-state index contributed by atoms with van der Waals surface area (Å²) in [6.07, 6.45) is 15.0. The summed E-state index contributed by atoms with van der Waals surface area (Å²) in [5.41, 5.74) is 0. The van der Waals surface area contributed by atoms with E-state index in [9.17, 15) is 0 Å². The molecule has 0 aliphatic rings. The molecule has 0 aromatic heterocycles. The molecule has 0 nitrogen and oxygen atoms in total. The van der Waals surface area contributed by atoms with Crippen LogP contribution in [0.1, 0.15) is 71.1 Å². The molecular formula is C12H28PS3+. The highest BCUT2D eigenvalue weighted by Gasteiger charge is 2.22. The van der Waals surface area contributed by atoms with E-state index in [2.05, 4.69) is 43.7 Å². The largest absolute Gasteiger partial charge is 0.180 e. The Hall–Kier alpha value is 1.48. The maximum atomic E-state index is 4.39. The van der Waals surface area contributed by atoms with Crippen molar-refractivity contribution in [1.82, 2.24) is 0 Å². The molecule has 16 heavy (non-hydrogen) atoms. The molecule has 0 aromatic carbocycles. The van der Waals surface area contributed by atoms with Gasteiger partial charge in [-0.1, -0.05) is 58.3 Å². The summed E-state index contributed by atoms with van der Waals surface area (Å²) in [4.78, 5) is -1.41. The van der Waals surface area contributed by atoms with Gasteiger partial charge in [0.05, 0.1) is 6.16 Å². The van der Waals surface area contributed by atoms with Crippen LogP contribution < -0.4 is 0 Å². The van der Waals surface area contributed by atoms with Crippen molar-refractivity contribution in [1.29, 1.82) is 0 Å². The first-order valence-electron chi connectivity index (χ1n) is 6.62. The number of thiol groups is 3. The summed E-state index contributed by atoms with van der Waals surface area (Å²) in [6, 6.07) is 0. The van der Waals surface area contributed by atoms with Crippen molar-refractivity contribution >= 4 is 41.6 Å². The van der Waals surface area contributed by atoms with Gasteiger partial charge >= 0.3 is 0 Å². The SMILES string of the molecule is CCCCCCCCCCCC[P+](S)(S)S. The molecule has 0 unspecified atom stereocenters. The Bertz CT molecular complexity index is 146. The second kappa shape index (κ2) is 11.6. The predicted molar refractivity (Wildman–Crippen MR) is 90.6 cm³/mol. The first-order chi connectivity index (χ1) is 7.56. The highest BCUT2D eigenvalue weighted by atomic mass is 33.4. The van der Waals surface area contributed by atoms with E-state index in [4.69, 9.17) is 0 Å². The van der Waals surface area contributed by atoms with Gasteiger partial charge < -0.3 is 0 Å². The molecule has 0 radical (unpaired) electrons. The first-order valence-corrected chi connectivity index (χ1v) is 12.1. The second-order valence-corrected chi connectivity index (χ2v) is 15.4. The van der Waals surface area contributed by atoms with E-state index < -0.39 is 4.87 Å². The monoisotopic (exact) mass is 299 g/mol. The molecule has 0 aliphatic heterocycles. The minimum atomic E-state index is -1.41. The Morgan fingerprint density at radius 2 is 1.00 bits per heavy atom. The average molecular weight is 300 g/mol. The molecule has 4 heteroatoms. The van der Waals surface area contributed by atoms with Gasteiger partial charge in [-0.25, -0.2) is 0 Å². The molecule has 0 spiro atoms. The average Bonchev–Trinajstić information content (AvgIpc) is 2.19. The van der Waals surface area contributed by atoms with Crippen molar-refractivity contribution in [2.75, 3.05) is 6.16 Å². The zero-order valence-electron chi connectivity index (χ0n) is 10.6. The smallest absolute Gasteiger partial charge is 0.0654 e. The zero-order chi connectivity index (χ0) is 12.3. The van der Waals surface area contributed by atoms with Crippen molar-refractivity contribution in [3.8, 4) is 0 Å². The molecule has 0 aromatic rings. The van der Waals surface area contributed by atoms with Crippen LogP contribution in [0, 0.1) is 0 Å². The van der Waals surface area contributed by atoms with Gasteiger partial charge in [0, 0.05) is 36.7 Å². The second-order valence-electron chi connectivity index (χ2n) is 4.60. The summed E-state index contributed by atoms with van der Waals surface area (Å²) in [5.74, 6) is 0. The molecule has 0 bridgehead atoms. The van der Waals surface area contributed by atoms with Crippen LogP contribution in [0.25, 0.3) is 0 Å². The number of unbranched alkanes of at least 4 members (excludes halogenated alkanes) is 9. The van der Waals surface area contributed by atoms with Crippen molar-refractivity contribution in [3.05, 3.63) is 0 Å². The van der Waals surface area contributed by atoms with E-state index in [0.717, 1.165) is 6.16 Å². The molecule has 0 atom stereocenters. The highest BCUT2D eigenvalue weighted by molar-refractivity contribution is 9.09. The lowest BCUT2D eigenvalue weighted by atomic mass is 10.1. The Kier molecular flexibility index (Phi) is 12.6. The van der Waals surface area contributed by atoms with Crippen molar-refractivity contribution in [2.45, 2.75) is 71.1 Å². The van der Waals surface area contributed by atoms with Gasteiger partial charge in [-0.2, -0.15) is 0 Å². The summed E-state index contributed by atoms with van der Waals surface area (Å²) in [6.45, 7) is 2.27. The standard InChI is InChI=1S/C12H28PS3/c1-2-3-4-5-6-7-8-9-10-11-12-13(14,15)16/h14-16H,2-12H2,1H3/q+1. The topological polar surface area (TPSA) is 0 Å². The summed E-state index contributed by atoms with van der Waals surface area (Å²) in [7, 11) is 0. The van der Waals surface area contributed by atoms with Crippen LogP contribution in [0.3, 0.4) is 0 Å². The van der Waals surface area contributed by atoms with Crippen molar-refractivity contribution in [3.63, 3.8) is 0 Å². The fraction of sp³-hybridized carbons (Fsp3) is 1.00. The summed E-state index contributed by atoms with van der Waals surface area (Å²) >= 11 is 13.2. The third kappa shape index (κ3) is 15.5. The van der Waals surface area contributed by atoms with Crippen LogP contribution in [0.5, 0.6) is 0 Å². The number of hydrogen-bond donors (Lipinski definition) is 3. The van der Waals surface area contributed by atoms with Gasteiger partial charge in [-0.15, -0.1) is 0 Å². The van der Waals surface area contributed by atoms with Gasteiger partial charge in [-0.3, -0.25) is 0 Å². The summed E-state index contributed by atoms with van der Waals surface area (Å²) < 4.78 is 0. The van der Waals surface area contributed by atoms with Crippen LogP contribution in [-0.2, 0) is 0 Å². The lowest BCUT2D eigenvalue weighted by molar-refractivity contribution is 0.563. The molecule has 0 aliphatic carbocycles. The van der Waals surface area contributed by atoms with Gasteiger partial charge in [0.25, 0.3) is 0 Å². The molecule has 0 N–H and O–H groups in total. The molecule has 98 valence electrons. The molecule has 0 rings (SSSR count). The van der Waals surface area contributed by atoms with Crippen molar-refractivity contribution in [2.24, 2.45) is 0 Å². The van der Waals surface area contributed by atoms with E-state index in [1.807, 2.05) is 0 Å². The Morgan fingerprint density at radius 3 is 1.38 bits per heavy atom. The Morgan fingerprint density at radius 1 is 0.625 bits per heavy atom.